The lowest BCUT2D eigenvalue weighted by Gasteiger charge is -2.13. The number of anilines is 1. The van der Waals surface area contributed by atoms with E-state index in [9.17, 15) is 4.79 Å². The Kier molecular flexibility index (Phi) is 5.97. The number of hydrogen-bond acceptors (Lipinski definition) is 4. The molecule has 0 bridgehead atoms. The van der Waals surface area contributed by atoms with Gasteiger partial charge >= 0.3 is 0 Å². The Labute approximate surface area is 171 Å². The summed E-state index contributed by atoms with van der Waals surface area (Å²) < 4.78 is 17.0. The largest absolute Gasteiger partial charge is 0.496 e. The van der Waals surface area contributed by atoms with E-state index in [-0.39, 0.29) is 5.91 Å². The van der Waals surface area contributed by atoms with Crippen molar-refractivity contribution in [2.75, 3.05) is 19.0 Å². The summed E-state index contributed by atoms with van der Waals surface area (Å²) in [6, 6.07) is 9.34. The maximum atomic E-state index is 12.5. The second-order valence-corrected chi connectivity index (χ2v) is 7.02. The Morgan fingerprint density at radius 2 is 1.83 bits per heavy atom. The van der Waals surface area contributed by atoms with E-state index in [1.807, 2.05) is 65.0 Å². The molecule has 0 aliphatic heterocycles. The lowest BCUT2D eigenvalue weighted by molar-refractivity contribution is -0.111. The third-order valence-electron chi connectivity index (χ3n) is 5.06. The molecule has 1 amide bonds. The van der Waals surface area contributed by atoms with Gasteiger partial charge in [-0.2, -0.15) is 0 Å². The van der Waals surface area contributed by atoms with Crippen molar-refractivity contribution in [1.82, 2.24) is 0 Å². The third-order valence-corrected chi connectivity index (χ3v) is 5.06. The fourth-order valence-corrected chi connectivity index (χ4v) is 3.42. The molecule has 0 unspecified atom stereocenters. The molecule has 1 heterocycles. The number of methoxy groups -OCH3 is 1. The van der Waals surface area contributed by atoms with Gasteiger partial charge in [-0.15, -0.1) is 0 Å². The van der Waals surface area contributed by atoms with Crippen LogP contribution < -0.4 is 14.8 Å². The topological polar surface area (TPSA) is 60.7 Å². The number of aryl methyl sites for hydroxylation is 3. The fourth-order valence-electron chi connectivity index (χ4n) is 3.42. The van der Waals surface area contributed by atoms with E-state index in [0.29, 0.717) is 18.0 Å². The summed E-state index contributed by atoms with van der Waals surface area (Å²) in [5.74, 6) is 2.18. The Balaban J connectivity index is 1.91. The molecule has 1 aromatic heterocycles. The van der Waals surface area contributed by atoms with Gasteiger partial charge in [-0.1, -0.05) is 0 Å². The smallest absolute Gasteiger partial charge is 0.248 e. The number of nitrogens with one attached hydrogen (secondary N) is 1. The predicted molar refractivity (Wildman–Crippen MR) is 117 cm³/mol. The number of amides is 1. The number of ether oxygens (including phenoxy) is 2. The van der Waals surface area contributed by atoms with Crippen molar-refractivity contribution in [1.29, 1.82) is 0 Å². The van der Waals surface area contributed by atoms with Crippen LogP contribution in [-0.2, 0) is 4.79 Å². The van der Waals surface area contributed by atoms with Crippen molar-refractivity contribution >= 4 is 28.1 Å². The van der Waals surface area contributed by atoms with Crippen molar-refractivity contribution in [3.8, 4) is 11.5 Å². The minimum Gasteiger partial charge on any atom is -0.496 e. The lowest BCUT2D eigenvalue weighted by atomic mass is 9.98. The van der Waals surface area contributed by atoms with Crippen molar-refractivity contribution in [3.63, 3.8) is 0 Å². The summed E-state index contributed by atoms with van der Waals surface area (Å²) in [5.41, 5.74) is 5.25. The van der Waals surface area contributed by atoms with Gasteiger partial charge in [0.15, 0.2) is 0 Å². The first-order chi connectivity index (χ1) is 13.8. The zero-order chi connectivity index (χ0) is 21.1. The van der Waals surface area contributed by atoms with Gasteiger partial charge in [-0.3, -0.25) is 4.79 Å². The number of benzene rings is 2. The molecule has 0 saturated carbocycles. The van der Waals surface area contributed by atoms with E-state index >= 15 is 0 Å². The van der Waals surface area contributed by atoms with Gasteiger partial charge < -0.3 is 19.2 Å². The molecular formula is C24H27NO4. The molecule has 3 rings (SSSR count). The van der Waals surface area contributed by atoms with Gasteiger partial charge in [0.1, 0.15) is 22.8 Å². The average molecular weight is 393 g/mol. The van der Waals surface area contributed by atoms with Crippen molar-refractivity contribution < 1.29 is 18.7 Å². The predicted octanol–water partition coefficient (Wildman–Crippen LogP) is 5.81. The molecule has 0 radical (unpaired) electrons. The number of furan rings is 1. The molecule has 3 aromatic rings. The SMILES string of the molecule is CCOc1ccc(NC(=O)/C=C(\C)c2cc3c(C)c(C)oc3c(C)c2OC)cc1. The number of carbonyl (C=O) groups excluding carboxylic acids is 1. The summed E-state index contributed by atoms with van der Waals surface area (Å²) in [6.45, 7) is 10.4. The Bertz CT molecular complexity index is 1070. The highest BCUT2D eigenvalue weighted by Crippen LogP contribution is 2.38. The minimum absolute atomic E-state index is 0.202. The van der Waals surface area contributed by atoms with Crippen LogP contribution in [0.25, 0.3) is 16.5 Å². The first-order valence-electron chi connectivity index (χ1n) is 9.65. The van der Waals surface area contributed by atoms with Gasteiger partial charge in [-0.05, 0) is 76.1 Å². The number of allylic oxidation sites excluding steroid dienone is 1. The molecule has 2 aromatic carbocycles. The molecule has 0 aliphatic carbocycles. The van der Waals surface area contributed by atoms with Crippen molar-refractivity contribution in [2.24, 2.45) is 0 Å². The third kappa shape index (κ3) is 4.14. The van der Waals surface area contributed by atoms with Gasteiger partial charge in [0.2, 0.25) is 5.91 Å². The minimum atomic E-state index is -0.202. The molecule has 0 saturated heterocycles. The molecule has 152 valence electrons. The zero-order valence-electron chi connectivity index (χ0n) is 17.8. The van der Waals surface area contributed by atoms with Crippen LogP contribution in [0.4, 0.5) is 5.69 Å². The number of rotatable bonds is 6. The monoisotopic (exact) mass is 393 g/mol. The maximum absolute atomic E-state index is 12.5. The van der Waals surface area contributed by atoms with Crippen molar-refractivity contribution in [2.45, 2.75) is 34.6 Å². The Hall–Kier alpha value is -3.21. The second kappa shape index (κ2) is 8.43. The van der Waals surface area contributed by atoms with Crippen LogP contribution in [0, 0.1) is 20.8 Å². The summed E-state index contributed by atoms with van der Waals surface area (Å²) in [5, 5.41) is 3.92. The molecule has 5 nitrogen and oxygen atoms in total. The number of fused-ring (bicyclic) bond motifs is 1. The lowest BCUT2D eigenvalue weighted by Crippen LogP contribution is -2.08. The van der Waals surface area contributed by atoms with Crippen LogP contribution in [0.5, 0.6) is 11.5 Å². The van der Waals surface area contributed by atoms with E-state index in [2.05, 4.69) is 5.32 Å². The first kappa shape index (κ1) is 20.5. The second-order valence-electron chi connectivity index (χ2n) is 7.02. The quantitative estimate of drug-likeness (QED) is 0.537. The molecule has 1 N–H and O–H groups in total. The molecule has 0 fully saturated rings. The van der Waals surface area contributed by atoms with E-state index in [1.54, 1.807) is 13.2 Å². The molecule has 5 heteroatoms. The van der Waals surface area contributed by atoms with Gasteiger partial charge in [-0.25, -0.2) is 0 Å². The van der Waals surface area contributed by atoms with Crippen LogP contribution in [0.1, 0.15) is 36.3 Å². The highest BCUT2D eigenvalue weighted by Gasteiger charge is 2.18. The van der Waals surface area contributed by atoms with Gasteiger partial charge in [0.25, 0.3) is 0 Å². The van der Waals surface area contributed by atoms with Gasteiger partial charge in [0, 0.05) is 28.3 Å². The summed E-state index contributed by atoms with van der Waals surface area (Å²) in [4.78, 5) is 12.5. The van der Waals surface area contributed by atoms with Crippen LogP contribution >= 0.6 is 0 Å². The first-order valence-corrected chi connectivity index (χ1v) is 9.65. The Morgan fingerprint density at radius 3 is 2.45 bits per heavy atom. The van der Waals surface area contributed by atoms with Crippen LogP contribution in [0.15, 0.2) is 40.8 Å². The number of carbonyl (C=O) groups is 1. The van der Waals surface area contributed by atoms with E-state index in [0.717, 1.165) is 44.7 Å². The standard InChI is InChI=1S/C24H27NO4/c1-7-28-19-10-8-18(9-11-19)25-22(26)12-14(2)20-13-21-15(3)17(5)29-24(21)16(4)23(20)27-6/h8-13H,7H2,1-6H3,(H,25,26)/b14-12+. The summed E-state index contributed by atoms with van der Waals surface area (Å²) in [6.07, 6.45) is 1.59. The van der Waals surface area contributed by atoms with Crippen LogP contribution in [0.3, 0.4) is 0 Å². The highest BCUT2D eigenvalue weighted by atomic mass is 16.5. The van der Waals surface area contributed by atoms with Crippen LogP contribution in [-0.4, -0.2) is 19.6 Å². The number of hydrogen-bond donors (Lipinski definition) is 1. The molecule has 29 heavy (non-hydrogen) atoms. The average Bonchev–Trinajstić information content (AvgIpc) is 2.98. The van der Waals surface area contributed by atoms with E-state index in [1.165, 1.54) is 0 Å². The molecule has 0 atom stereocenters. The highest BCUT2D eigenvalue weighted by molar-refractivity contribution is 6.05. The molecular weight excluding hydrogens is 366 g/mol. The van der Waals surface area contributed by atoms with Crippen molar-refractivity contribution in [3.05, 3.63) is 58.9 Å². The normalized spacial score (nSPS) is 11.6. The Morgan fingerprint density at radius 1 is 1.14 bits per heavy atom. The van der Waals surface area contributed by atoms with Gasteiger partial charge in [0.05, 0.1) is 13.7 Å². The maximum Gasteiger partial charge on any atom is 0.248 e. The van der Waals surface area contributed by atoms with E-state index in [4.69, 9.17) is 13.9 Å². The summed E-state index contributed by atoms with van der Waals surface area (Å²) in [7, 11) is 1.63. The zero-order valence-corrected chi connectivity index (χ0v) is 17.8. The fraction of sp³-hybridized carbons (Fsp3) is 0.292. The molecule has 0 spiro atoms. The molecule has 0 aliphatic rings. The van der Waals surface area contributed by atoms with E-state index < -0.39 is 0 Å². The summed E-state index contributed by atoms with van der Waals surface area (Å²) >= 11 is 0. The van der Waals surface area contributed by atoms with Crippen LogP contribution in [0.2, 0.25) is 0 Å².